The third-order valence-electron chi connectivity index (χ3n) is 4.08. The van der Waals surface area contributed by atoms with Crippen molar-refractivity contribution in [1.82, 2.24) is 5.32 Å². The molecule has 5 heteroatoms. The van der Waals surface area contributed by atoms with Gasteiger partial charge in [-0.1, -0.05) is 0 Å². The highest BCUT2D eigenvalue weighted by atomic mass is 16.5. The molecule has 1 fully saturated rings. The summed E-state index contributed by atoms with van der Waals surface area (Å²) in [5.74, 6) is 0.473. The van der Waals surface area contributed by atoms with Gasteiger partial charge in [0.15, 0.2) is 0 Å². The van der Waals surface area contributed by atoms with Gasteiger partial charge in [-0.15, -0.1) is 0 Å². The molecule has 1 aliphatic carbocycles. The van der Waals surface area contributed by atoms with Crippen LogP contribution in [0.1, 0.15) is 37.0 Å². The summed E-state index contributed by atoms with van der Waals surface area (Å²) in [5.41, 5.74) is 1.03. The van der Waals surface area contributed by atoms with E-state index in [9.17, 15) is 9.90 Å². The lowest BCUT2D eigenvalue weighted by atomic mass is 10.1. The highest BCUT2D eigenvalue weighted by Crippen LogP contribution is 2.44. The van der Waals surface area contributed by atoms with Gasteiger partial charge in [0.1, 0.15) is 11.3 Å². The summed E-state index contributed by atoms with van der Waals surface area (Å²) in [6, 6.07) is 5.29. The van der Waals surface area contributed by atoms with Crippen molar-refractivity contribution in [3.63, 3.8) is 0 Å². The fourth-order valence-corrected chi connectivity index (χ4v) is 2.46. The third kappa shape index (κ3) is 2.95. The summed E-state index contributed by atoms with van der Waals surface area (Å²) in [7, 11) is 0. The smallest absolute Gasteiger partial charge is 0.251 e. The van der Waals surface area contributed by atoms with E-state index in [4.69, 9.17) is 9.15 Å². The lowest BCUT2D eigenvalue weighted by Gasteiger charge is -2.14. The van der Waals surface area contributed by atoms with Crippen LogP contribution >= 0.6 is 0 Å². The Morgan fingerprint density at radius 3 is 2.86 bits per heavy atom. The first-order chi connectivity index (χ1) is 10.5. The van der Waals surface area contributed by atoms with E-state index in [-0.39, 0.29) is 24.0 Å². The summed E-state index contributed by atoms with van der Waals surface area (Å²) < 4.78 is 11.2. The standard InChI is InChI=1S/C17H21NO4/c1-11(2)22-15-8-12(7-14-13(15)3-6-21-14)16(20)18-9-17(10-19)4-5-17/h3,6-8,11,19H,4-5,9-10H2,1-2H3,(H,18,20). The number of furan rings is 1. The minimum atomic E-state index is -0.174. The molecule has 5 nitrogen and oxygen atoms in total. The molecule has 0 saturated heterocycles. The van der Waals surface area contributed by atoms with Gasteiger partial charge in [0.25, 0.3) is 5.91 Å². The molecule has 0 radical (unpaired) electrons. The Balaban J connectivity index is 1.81. The van der Waals surface area contributed by atoms with E-state index < -0.39 is 0 Å². The molecular weight excluding hydrogens is 282 g/mol. The fraction of sp³-hybridized carbons (Fsp3) is 0.471. The SMILES string of the molecule is CC(C)Oc1cc(C(=O)NCC2(CO)CC2)cc2occc12. The number of nitrogens with one attached hydrogen (secondary N) is 1. The van der Waals surface area contributed by atoms with Crippen LogP contribution in [0.25, 0.3) is 11.0 Å². The highest BCUT2D eigenvalue weighted by Gasteiger charge is 2.42. The Kier molecular flexibility index (Phi) is 3.83. The number of carbonyl (C=O) groups excluding carboxylic acids is 1. The number of aliphatic hydroxyl groups is 1. The molecular formula is C17H21NO4. The van der Waals surface area contributed by atoms with Crippen LogP contribution < -0.4 is 10.1 Å². The normalized spacial score (nSPS) is 16.0. The van der Waals surface area contributed by atoms with Crippen molar-refractivity contribution in [3.05, 3.63) is 30.0 Å². The van der Waals surface area contributed by atoms with Crippen molar-refractivity contribution in [2.24, 2.45) is 5.41 Å². The maximum atomic E-state index is 12.3. The topological polar surface area (TPSA) is 71.7 Å². The van der Waals surface area contributed by atoms with Crippen molar-refractivity contribution < 1.29 is 19.1 Å². The van der Waals surface area contributed by atoms with Gasteiger partial charge >= 0.3 is 0 Å². The molecule has 1 aromatic heterocycles. The molecule has 0 atom stereocenters. The molecule has 118 valence electrons. The lowest BCUT2D eigenvalue weighted by Crippen LogP contribution is -2.31. The zero-order valence-electron chi connectivity index (χ0n) is 12.9. The summed E-state index contributed by atoms with van der Waals surface area (Å²) in [6.07, 6.45) is 3.52. The van der Waals surface area contributed by atoms with Crippen LogP contribution in [0.2, 0.25) is 0 Å². The molecule has 1 heterocycles. The molecule has 1 aliphatic rings. The molecule has 1 aromatic carbocycles. The van der Waals surface area contributed by atoms with E-state index >= 15 is 0 Å². The highest BCUT2D eigenvalue weighted by molar-refractivity contribution is 5.99. The van der Waals surface area contributed by atoms with Crippen LogP contribution in [0.3, 0.4) is 0 Å². The predicted molar refractivity (Wildman–Crippen MR) is 83.1 cm³/mol. The number of ether oxygens (including phenoxy) is 1. The first kappa shape index (κ1) is 14.9. The third-order valence-corrected chi connectivity index (χ3v) is 4.08. The largest absolute Gasteiger partial charge is 0.490 e. The Labute approximate surface area is 129 Å². The molecule has 1 saturated carbocycles. The summed E-state index contributed by atoms with van der Waals surface area (Å²) in [5, 5.41) is 13.1. The van der Waals surface area contributed by atoms with Crippen molar-refractivity contribution in [2.45, 2.75) is 32.8 Å². The lowest BCUT2D eigenvalue weighted by molar-refractivity contribution is 0.0934. The molecule has 0 bridgehead atoms. The Morgan fingerprint density at radius 2 is 2.23 bits per heavy atom. The van der Waals surface area contributed by atoms with Gasteiger partial charge in [-0.05, 0) is 44.9 Å². The Morgan fingerprint density at radius 1 is 1.45 bits per heavy atom. The van der Waals surface area contributed by atoms with E-state index in [1.165, 1.54) is 0 Å². The minimum absolute atomic E-state index is 0.0144. The zero-order chi connectivity index (χ0) is 15.7. The maximum Gasteiger partial charge on any atom is 0.251 e. The predicted octanol–water partition coefficient (Wildman–Crippen LogP) is 2.72. The van der Waals surface area contributed by atoms with Crippen LogP contribution in [-0.2, 0) is 0 Å². The second-order valence-electron chi connectivity index (χ2n) is 6.31. The fourth-order valence-electron chi connectivity index (χ4n) is 2.46. The number of carbonyl (C=O) groups is 1. The van der Waals surface area contributed by atoms with Gasteiger partial charge < -0.3 is 19.6 Å². The molecule has 22 heavy (non-hydrogen) atoms. The van der Waals surface area contributed by atoms with E-state index in [0.29, 0.717) is 23.4 Å². The van der Waals surface area contributed by atoms with Crippen LogP contribution in [0.5, 0.6) is 5.75 Å². The van der Waals surface area contributed by atoms with Crippen molar-refractivity contribution in [2.75, 3.05) is 13.2 Å². The zero-order valence-corrected chi connectivity index (χ0v) is 12.9. The monoisotopic (exact) mass is 303 g/mol. The quantitative estimate of drug-likeness (QED) is 0.860. The van der Waals surface area contributed by atoms with Gasteiger partial charge in [0.2, 0.25) is 0 Å². The summed E-state index contributed by atoms with van der Waals surface area (Å²) in [4.78, 5) is 12.3. The summed E-state index contributed by atoms with van der Waals surface area (Å²) in [6.45, 7) is 4.50. The molecule has 3 rings (SSSR count). The average Bonchev–Trinajstić information content (AvgIpc) is 3.12. The Hall–Kier alpha value is -2.01. The summed E-state index contributed by atoms with van der Waals surface area (Å²) >= 11 is 0. The number of hydrogen-bond donors (Lipinski definition) is 2. The van der Waals surface area contributed by atoms with Gasteiger partial charge in [-0.2, -0.15) is 0 Å². The van der Waals surface area contributed by atoms with Crippen LogP contribution in [0, 0.1) is 5.41 Å². The second kappa shape index (κ2) is 5.65. The maximum absolute atomic E-state index is 12.3. The van der Waals surface area contributed by atoms with Crippen molar-refractivity contribution in [3.8, 4) is 5.75 Å². The van der Waals surface area contributed by atoms with E-state index in [2.05, 4.69) is 5.32 Å². The first-order valence-electron chi connectivity index (χ1n) is 7.60. The van der Waals surface area contributed by atoms with E-state index in [1.807, 2.05) is 19.9 Å². The molecule has 2 aromatic rings. The van der Waals surface area contributed by atoms with Crippen molar-refractivity contribution in [1.29, 1.82) is 0 Å². The number of fused-ring (bicyclic) bond motifs is 1. The molecule has 0 aliphatic heterocycles. The molecule has 0 unspecified atom stereocenters. The van der Waals surface area contributed by atoms with Gasteiger partial charge in [-0.25, -0.2) is 0 Å². The van der Waals surface area contributed by atoms with Crippen LogP contribution in [0.15, 0.2) is 28.9 Å². The first-order valence-corrected chi connectivity index (χ1v) is 7.60. The van der Waals surface area contributed by atoms with Gasteiger partial charge in [-0.3, -0.25) is 4.79 Å². The second-order valence-corrected chi connectivity index (χ2v) is 6.31. The molecule has 1 amide bonds. The van der Waals surface area contributed by atoms with E-state index in [1.54, 1.807) is 18.4 Å². The number of benzene rings is 1. The molecule has 0 spiro atoms. The minimum Gasteiger partial charge on any atom is -0.490 e. The van der Waals surface area contributed by atoms with E-state index in [0.717, 1.165) is 18.2 Å². The number of aliphatic hydroxyl groups excluding tert-OH is 1. The number of hydrogen-bond acceptors (Lipinski definition) is 4. The molecule has 2 N–H and O–H groups in total. The van der Waals surface area contributed by atoms with Gasteiger partial charge in [0.05, 0.1) is 24.4 Å². The van der Waals surface area contributed by atoms with Crippen molar-refractivity contribution >= 4 is 16.9 Å². The number of amides is 1. The van der Waals surface area contributed by atoms with Crippen LogP contribution in [0.4, 0.5) is 0 Å². The number of rotatable bonds is 6. The average molecular weight is 303 g/mol. The van der Waals surface area contributed by atoms with Gasteiger partial charge in [0, 0.05) is 17.5 Å². The Bertz CT molecular complexity index is 685. The van der Waals surface area contributed by atoms with Crippen LogP contribution in [-0.4, -0.2) is 30.3 Å².